The van der Waals surface area contributed by atoms with Crippen LogP contribution in [0.25, 0.3) is 16.6 Å². The predicted octanol–water partition coefficient (Wildman–Crippen LogP) is 3.92. The summed E-state index contributed by atoms with van der Waals surface area (Å²) in [5, 5.41) is 14.3. The van der Waals surface area contributed by atoms with Crippen LogP contribution >= 0.6 is 11.3 Å². The van der Waals surface area contributed by atoms with E-state index in [0.717, 1.165) is 40.3 Å². The quantitative estimate of drug-likeness (QED) is 0.403. The zero-order chi connectivity index (χ0) is 23.7. The summed E-state index contributed by atoms with van der Waals surface area (Å²) >= 11 is 1.46. The first-order valence-corrected chi connectivity index (χ1v) is 13.7. The van der Waals surface area contributed by atoms with E-state index < -0.39 is 10.0 Å². The number of hydrogen-bond acceptors (Lipinski definition) is 7. The molecule has 2 aromatic heterocycles. The number of ether oxygens (including phenoxy) is 1. The van der Waals surface area contributed by atoms with Gasteiger partial charge in [-0.05, 0) is 47.8 Å². The molecule has 8 nitrogen and oxygen atoms in total. The van der Waals surface area contributed by atoms with Gasteiger partial charge in [0.05, 0.1) is 13.4 Å². The monoisotopic (exact) mass is 495 g/mol. The SMILES string of the molecule is COc1ccc(/C(=C\c2nn3c(C4CCCN(S(C)(=O)=O)C4)nnc3s2)c2ccccc2)cc1. The summed E-state index contributed by atoms with van der Waals surface area (Å²) in [5.41, 5.74) is 3.17. The van der Waals surface area contributed by atoms with Crippen molar-refractivity contribution >= 4 is 38.0 Å². The largest absolute Gasteiger partial charge is 0.497 e. The fraction of sp³-hybridized carbons (Fsp3) is 0.292. The first-order valence-electron chi connectivity index (χ1n) is 11.0. The molecule has 0 aliphatic carbocycles. The molecule has 0 radical (unpaired) electrons. The van der Waals surface area contributed by atoms with Crippen molar-refractivity contribution in [1.29, 1.82) is 0 Å². The Kier molecular flexibility index (Phi) is 6.20. The zero-order valence-corrected chi connectivity index (χ0v) is 20.6. The summed E-state index contributed by atoms with van der Waals surface area (Å²) < 4.78 is 32.7. The van der Waals surface area contributed by atoms with E-state index in [0.29, 0.717) is 23.9 Å². The third kappa shape index (κ3) is 4.61. The van der Waals surface area contributed by atoms with Gasteiger partial charge in [-0.2, -0.15) is 9.61 Å². The molecular weight excluding hydrogens is 470 g/mol. The normalized spacial score (nSPS) is 17.8. The average molecular weight is 496 g/mol. The molecule has 2 aromatic carbocycles. The Labute approximate surface area is 202 Å². The molecule has 1 aliphatic heterocycles. The predicted molar refractivity (Wildman–Crippen MR) is 133 cm³/mol. The molecule has 1 aliphatic rings. The molecule has 34 heavy (non-hydrogen) atoms. The van der Waals surface area contributed by atoms with E-state index in [1.165, 1.54) is 21.9 Å². The number of aromatic nitrogens is 4. The molecule has 0 N–H and O–H groups in total. The molecule has 1 unspecified atom stereocenters. The maximum atomic E-state index is 12.1. The molecule has 0 spiro atoms. The highest BCUT2D eigenvalue weighted by atomic mass is 32.2. The summed E-state index contributed by atoms with van der Waals surface area (Å²) in [6, 6.07) is 18.1. The molecule has 1 fully saturated rings. The standard InChI is InChI=1S/C24H25N5O3S2/c1-32-20-12-10-18(11-13-20)21(17-7-4-3-5-8-17)15-22-27-29-23(25-26-24(29)33-22)19-9-6-14-28(16-19)34(2,30)31/h3-5,7-8,10-13,15,19H,6,9,14,16H2,1-2H3/b21-15-. The van der Waals surface area contributed by atoms with Gasteiger partial charge in [0.1, 0.15) is 10.8 Å². The first kappa shape index (κ1) is 22.7. The van der Waals surface area contributed by atoms with E-state index in [9.17, 15) is 8.42 Å². The topological polar surface area (TPSA) is 89.7 Å². The van der Waals surface area contributed by atoms with Gasteiger partial charge in [-0.1, -0.05) is 53.8 Å². The van der Waals surface area contributed by atoms with Crippen LogP contribution in [0.4, 0.5) is 0 Å². The van der Waals surface area contributed by atoms with E-state index in [1.807, 2.05) is 42.5 Å². The average Bonchev–Trinajstić information content (AvgIpc) is 3.43. The number of sulfonamides is 1. The summed E-state index contributed by atoms with van der Waals surface area (Å²) in [7, 11) is -1.59. The number of rotatable bonds is 6. The fourth-order valence-corrected chi connectivity index (χ4v) is 5.96. The Bertz CT molecular complexity index is 1430. The van der Waals surface area contributed by atoms with E-state index in [1.54, 1.807) is 11.6 Å². The Morgan fingerprint density at radius 2 is 1.82 bits per heavy atom. The van der Waals surface area contributed by atoms with E-state index in [-0.39, 0.29) is 5.92 Å². The molecule has 5 rings (SSSR count). The van der Waals surface area contributed by atoms with Crippen molar-refractivity contribution in [3.05, 3.63) is 76.6 Å². The van der Waals surface area contributed by atoms with E-state index >= 15 is 0 Å². The Balaban J connectivity index is 1.52. The van der Waals surface area contributed by atoms with E-state index in [2.05, 4.69) is 28.4 Å². The summed E-state index contributed by atoms with van der Waals surface area (Å²) in [4.78, 5) is 0.694. The van der Waals surface area contributed by atoms with Gasteiger partial charge in [0.25, 0.3) is 0 Å². The molecule has 10 heteroatoms. The molecule has 0 amide bonds. The van der Waals surface area contributed by atoms with Gasteiger partial charge in [-0.15, -0.1) is 10.2 Å². The Morgan fingerprint density at radius 3 is 2.53 bits per heavy atom. The number of fused-ring (bicyclic) bond motifs is 1. The number of hydrogen-bond donors (Lipinski definition) is 0. The van der Waals surface area contributed by atoms with Gasteiger partial charge >= 0.3 is 0 Å². The molecule has 1 atom stereocenters. The molecule has 1 saturated heterocycles. The van der Waals surface area contributed by atoms with Crippen molar-refractivity contribution in [3.8, 4) is 5.75 Å². The fourth-order valence-electron chi connectivity index (χ4n) is 4.26. The molecule has 4 aromatic rings. The lowest BCUT2D eigenvalue weighted by Crippen LogP contribution is -2.38. The van der Waals surface area contributed by atoms with Gasteiger partial charge in [0.15, 0.2) is 5.82 Å². The second-order valence-corrected chi connectivity index (χ2v) is 11.3. The van der Waals surface area contributed by atoms with Crippen LogP contribution in [0.1, 0.15) is 40.7 Å². The minimum absolute atomic E-state index is 0.0346. The minimum Gasteiger partial charge on any atom is -0.497 e. The van der Waals surface area contributed by atoms with Crippen LogP contribution in [0.2, 0.25) is 0 Å². The smallest absolute Gasteiger partial charge is 0.234 e. The van der Waals surface area contributed by atoms with Gasteiger partial charge in [-0.3, -0.25) is 0 Å². The number of piperidine rings is 1. The third-order valence-electron chi connectivity index (χ3n) is 6.00. The van der Waals surface area contributed by atoms with Crippen molar-refractivity contribution in [3.63, 3.8) is 0 Å². The van der Waals surface area contributed by atoms with Crippen molar-refractivity contribution in [2.45, 2.75) is 18.8 Å². The maximum absolute atomic E-state index is 12.1. The van der Waals surface area contributed by atoms with Crippen LogP contribution in [-0.2, 0) is 10.0 Å². The molecule has 0 saturated carbocycles. The summed E-state index contributed by atoms with van der Waals surface area (Å²) in [6.45, 7) is 0.952. The second kappa shape index (κ2) is 9.28. The highest BCUT2D eigenvalue weighted by Crippen LogP contribution is 2.31. The molecular formula is C24H25N5O3S2. The lowest BCUT2D eigenvalue weighted by molar-refractivity contribution is 0.309. The van der Waals surface area contributed by atoms with Crippen molar-refractivity contribution in [2.24, 2.45) is 0 Å². The van der Waals surface area contributed by atoms with Gasteiger partial charge in [-0.25, -0.2) is 12.7 Å². The van der Waals surface area contributed by atoms with Gasteiger partial charge in [0, 0.05) is 19.0 Å². The Hall–Kier alpha value is -3.08. The van der Waals surface area contributed by atoms with Crippen LogP contribution < -0.4 is 4.74 Å². The van der Waals surface area contributed by atoms with Crippen molar-refractivity contribution < 1.29 is 13.2 Å². The summed E-state index contributed by atoms with van der Waals surface area (Å²) in [6.07, 6.45) is 4.96. The van der Waals surface area contributed by atoms with Crippen molar-refractivity contribution in [2.75, 3.05) is 26.5 Å². The lowest BCUT2D eigenvalue weighted by Gasteiger charge is -2.29. The highest BCUT2D eigenvalue weighted by molar-refractivity contribution is 7.88. The third-order valence-corrected chi connectivity index (χ3v) is 8.12. The minimum atomic E-state index is -3.24. The first-order chi connectivity index (χ1) is 16.4. The van der Waals surface area contributed by atoms with Crippen LogP contribution in [0.15, 0.2) is 54.6 Å². The number of methoxy groups -OCH3 is 1. The second-order valence-electron chi connectivity index (χ2n) is 8.31. The molecule has 3 heterocycles. The van der Waals surface area contributed by atoms with E-state index in [4.69, 9.17) is 9.84 Å². The Morgan fingerprint density at radius 1 is 1.09 bits per heavy atom. The van der Waals surface area contributed by atoms with Gasteiger partial charge in [0.2, 0.25) is 15.0 Å². The lowest BCUT2D eigenvalue weighted by atomic mass is 9.97. The van der Waals surface area contributed by atoms with Crippen LogP contribution in [0.3, 0.4) is 0 Å². The van der Waals surface area contributed by atoms with Gasteiger partial charge < -0.3 is 4.74 Å². The zero-order valence-electron chi connectivity index (χ0n) is 19.0. The molecule has 0 bridgehead atoms. The van der Waals surface area contributed by atoms with Crippen LogP contribution in [-0.4, -0.2) is 59.0 Å². The maximum Gasteiger partial charge on any atom is 0.234 e. The number of benzene rings is 2. The highest BCUT2D eigenvalue weighted by Gasteiger charge is 2.30. The summed E-state index contributed by atoms with van der Waals surface area (Å²) in [5.74, 6) is 1.48. The van der Waals surface area contributed by atoms with Crippen molar-refractivity contribution in [1.82, 2.24) is 24.1 Å². The van der Waals surface area contributed by atoms with Crippen LogP contribution in [0, 0.1) is 0 Å². The molecule has 176 valence electrons. The van der Waals surface area contributed by atoms with Crippen LogP contribution in [0.5, 0.6) is 5.75 Å². The number of nitrogens with zero attached hydrogens (tertiary/aromatic N) is 5.